The summed E-state index contributed by atoms with van der Waals surface area (Å²) in [5.41, 5.74) is 21.3. The van der Waals surface area contributed by atoms with Gasteiger partial charge in [-0.25, -0.2) is 0 Å². The molecule has 0 bridgehead atoms. The van der Waals surface area contributed by atoms with Crippen LogP contribution in [0.5, 0.6) is 0 Å². The number of hydrogen-bond acceptors (Lipinski definition) is 4. The molecule has 1 N–H and O–H groups in total. The third-order valence-electron chi connectivity index (χ3n) is 13.7. The third-order valence-corrected chi connectivity index (χ3v) is 13.7. The predicted octanol–water partition coefficient (Wildman–Crippen LogP) is 16.9. The molecule has 71 heavy (non-hydrogen) atoms. The van der Waals surface area contributed by atoms with Crippen molar-refractivity contribution >= 4 is 85.6 Å². The van der Waals surface area contributed by atoms with Crippen molar-refractivity contribution in [1.82, 2.24) is 0 Å². The average molecular weight is 907 g/mol. The average Bonchev–Trinajstić information content (AvgIpc) is 3.83. The Balaban J connectivity index is 1.07. The van der Waals surface area contributed by atoms with Gasteiger partial charge in [-0.3, -0.25) is 0 Å². The second-order valence-electron chi connectivity index (χ2n) is 18.0. The van der Waals surface area contributed by atoms with E-state index in [1.165, 1.54) is 16.7 Å². The zero-order valence-electron chi connectivity index (χ0n) is 38.8. The molecular formula is C66H45BN3O. The monoisotopic (exact) mass is 906 g/mol. The first-order valence-corrected chi connectivity index (χ1v) is 24.2. The number of fused-ring (bicyclic) bond motifs is 6. The number of para-hydroxylation sites is 3. The van der Waals surface area contributed by atoms with Crippen molar-refractivity contribution in [1.29, 1.82) is 0 Å². The number of anilines is 8. The smallest absolute Gasteiger partial charge is 0.197 e. The highest BCUT2D eigenvalue weighted by Crippen LogP contribution is 2.48. The number of benzene rings is 11. The molecule has 4 nitrogen and oxygen atoms in total. The summed E-state index contributed by atoms with van der Waals surface area (Å²) >= 11 is 0. The summed E-state index contributed by atoms with van der Waals surface area (Å²) in [6.45, 7) is 0. The van der Waals surface area contributed by atoms with Gasteiger partial charge in [-0.05, 0) is 129 Å². The zero-order valence-corrected chi connectivity index (χ0v) is 38.8. The van der Waals surface area contributed by atoms with Crippen molar-refractivity contribution in [2.24, 2.45) is 0 Å². The quantitative estimate of drug-likeness (QED) is 0.139. The summed E-state index contributed by atoms with van der Waals surface area (Å²) in [7, 11) is 2.40. The molecule has 5 heteroatoms. The fourth-order valence-electron chi connectivity index (χ4n) is 10.3. The van der Waals surface area contributed by atoms with Gasteiger partial charge in [0, 0.05) is 50.8 Å². The second kappa shape index (κ2) is 18.0. The van der Waals surface area contributed by atoms with Gasteiger partial charge in [0.15, 0.2) is 7.28 Å². The molecular weight excluding hydrogens is 862 g/mol. The number of hydrogen-bond donors (Lipinski definition) is 1. The molecule has 0 fully saturated rings. The van der Waals surface area contributed by atoms with Gasteiger partial charge in [-0.2, -0.15) is 0 Å². The maximum atomic E-state index is 6.97. The van der Waals surface area contributed by atoms with Crippen LogP contribution in [-0.2, 0) is 0 Å². The molecule has 333 valence electrons. The van der Waals surface area contributed by atoms with E-state index in [0.717, 1.165) is 106 Å². The van der Waals surface area contributed by atoms with Gasteiger partial charge >= 0.3 is 0 Å². The maximum Gasteiger partial charge on any atom is 0.197 e. The van der Waals surface area contributed by atoms with E-state index in [9.17, 15) is 0 Å². The predicted molar refractivity (Wildman–Crippen MR) is 300 cm³/mol. The Kier molecular flexibility index (Phi) is 10.6. The van der Waals surface area contributed by atoms with Crippen molar-refractivity contribution < 1.29 is 4.42 Å². The Labute approximate surface area is 414 Å². The summed E-state index contributed by atoms with van der Waals surface area (Å²) in [5.74, 6) is 0. The Hall–Kier alpha value is -9.32. The Morgan fingerprint density at radius 2 is 0.915 bits per heavy atom. The van der Waals surface area contributed by atoms with E-state index in [1.54, 1.807) is 0 Å². The van der Waals surface area contributed by atoms with Crippen molar-refractivity contribution in [3.63, 3.8) is 0 Å². The Bertz CT molecular complexity index is 3800. The minimum absolute atomic E-state index is 0.815. The van der Waals surface area contributed by atoms with Crippen molar-refractivity contribution in [3.8, 4) is 44.5 Å². The van der Waals surface area contributed by atoms with Crippen molar-refractivity contribution in [3.05, 3.63) is 267 Å². The van der Waals surface area contributed by atoms with Crippen molar-refractivity contribution in [2.45, 2.75) is 0 Å². The van der Waals surface area contributed by atoms with Gasteiger partial charge in [0.1, 0.15) is 11.2 Å². The van der Waals surface area contributed by atoms with E-state index < -0.39 is 0 Å². The summed E-state index contributed by atoms with van der Waals surface area (Å²) in [6, 6.07) is 95.2. The minimum Gasteiger partial charge on any atom is -0.456 e. The lowest BCUT2D eigenvalue weighted by atomic mass is 9.57. The van der Waals surface area contributed by atoms with Gasteiger partial charge < -0.3 is 19.5 Å². The molecule has 0 saturated heterocycles. The molecule has 0 spiro atoms. The summed E-state index contributed by atoms with van der Waals surface area (Å²) in [6.07, 6.45) is 0. The van der Waals surface area contributed by atoms with Crippen LogP contribution in [0.25, 0.3) is 66.4 Å². The standard InChI is InChI=1S/C66H45BN3O/c1-6-18-45(19-7-1)48-30-35-51(36-31-48)68-60-40-39-55(69(52-24-12-4-13-25-52)53-26-14-5-15-27-53)43-57(60)58-44-63-64(56-28-16-17-29-62(56)71-63)66-65(58)67-59-42-50(47-22-10-3-11-23-47)34-41-61(59)70(66)54-37-32-49(33-38-54)46-20-8-2-9-21-46/h1-44,68H. The molecule has 0 aliphatic carbocycles. The topological polar surface area (TPSA) is 31.6 Å². The van der Waals surface area contributed by atoms with Crippen LogP contribution in [0.15, 0.2) is 271 Å². The SMILES string of the molecule is [B]1c2cc(-c3ccccc3)ccc2N(c2ccc(-c3ccccc3)cc2)c2c1c(-c1cc(N(c3ccccc3)c3ccccc3)ccc1Nc1ccc(-c3ccccc3)cc1)cc1oc3ccccc3c21. The van der Waals surface area contributed by atoms with Gasteiger partial charge in [-0.15, -0.1) is 0 Å². The fourth-order valence-corrected chi connectivity index (χ4v) is 10.3. The van der Waals surface area contributed by atoms with Crippen LogP contribution in [-0.4, -0.2) is 7.28 Å². The van der Waals surface area contributed by atoms with Gasteiger partial charge in [0.25, 0.3) is 0 Å². The van der Waals surface area contributed by atoms with Gasteiger partial charge in [-0.1, -0.05) is 187 Å². The molecule has 13 rings (SSSR count). The zero-order chi connectivity index (χ0) is 47.1. The third kappa shape index (κ3) is 7.80. The number of nitrogens with one attached hydrogen (secondary N) is 1. The highest BCUT2D eigenvalue weighted by molar-refractivity contribution is 6.74. The molecule has 1 radical (unpaired) electrons. The molecule has 1 aromatic heterocycles. The lowest BCUT2D eigenvalue weighted by Crippen LogP contribution is -2.41. The van der Waals surface area contributed by atoms with Crippen molar-refractivity contribution in [2.75, 3.05) is 15.1 Å². The molecule has 0 unspecified atom stereocenters. The van der Waals surface area contributed by atoms with Crippen LogP contribution < -0.4 is 26.0 Å². The van der Waals surface area contributed by atoms with Crippen LogP contribution in [0.4, 0.5) is 45.5 Å². The number of nitrogens with zero attached hydrogens (tertiary/aromatic N) is 2. The molecule has 1 aliphatic rings. The minimum atomic E-state index is 0.815. The lowest BCUT2D eigenvalue weighted by Gasteiger charge is -2.36. The van der Waals surface area contributed by atoms with Gasteiger partial charge in [0.2, 0.25) is 0 Å². The summed E-state index contributed by atoms with van der Waals surface area (Å²) in [5, 5.41) is 6.05. The molecule has 2 heterocycles. The molecule has 12 aromatic rings. The second-order valence-corrected chi connectivity index (χ2v) is 18.0. The first-order chi connectivity index (χ1) is 35.2. The number of rotatable bonds is 10. The lowest BCUT2D eigenvalue weighted by molar-refractivity contribution is 0.669. The Morgan fingerprint density at radius 3 is 1.54 bits per heavy atom. The van der Waals surface area contributed by atoms with E-state index in [0.29, 0.717) is 0 Å². The fraction of sp³-hybridized carbons (Fsp3) is 0. The molecule has 0 atom stereocenters. The first-order valence-electron chi connectivity index (χ1n) is 24.2. The van der Waals surface area contributed by atoms with Crippen LogP contribution in [0.2, 0.25) is 0 Å². The van der Waals surface area contributed by atoms with E-state index in [1.807, 2.05) is 0 Å². The molecule has 0 saturated carbocycles. The van der Waals surface area contributed by atoms with E-state index in [-0.39, 0.29) is 0 Å². The summed E-state index contributed by atoms with van der Waals surface area (Å²) < 4.78 is 6.97. The molecule has 11 aromatic carbocycles. The largest absolute Gasteiger partial charge is 0.456 e. The van der Waals surface area contributed by atoms with E-state index in [2.05, 4.69) is 289 Å². The van der Waals surface area contributed by atoms with Crippen LogP contribution >= 0.6 is 0 Å². The highest BCUT2D eigenvalue weighted by atomic mass is 16.3. The summed E-state index contributed by atoms with van der Waals surface area (Å²) in [4.78, 5) is 4.79. The Morgan fingerprint density at radius 1 is 0.394 bits per heavy atom. The van der Waals surface area contributed by atoms with E-state index >= 15 is 0 Å². The highest BCUT2D eigenvalue weighted by Gasteiger charge is 2.33. The number of furan rings is 1. The molecule has 1 aliphatic heterocycles. The molecule has 0 amide bonds. The van der Waals surface area contributed by atoms with Crippen LogP contribution in [0.3, 0.4) is 0 Å². The maximum absolute atomic E-state index is 6.97. The van der Waals surface area contributed by atoms with Gasteiger partial charge in [0.05, 0.1) is 11.1 Å². The van der Waals surface area contributed by atoms with Crippen LogP contribution in [0, 0.1) is 0 Å². The van der Waals surface area contributed by atoms with Crippen LogP contribution in [0.1, 0.15) is 0 Å². The van der Waals surface area contributed by atoms with E-state index in [4.69, 9.17) is 4.42 Å². The first kappa shape index (κ1) is 41.8. The normalized spacial score (nSPS) is 11.7.